The highest BCUT2D eigenvalue weighted by Crippen LogP contribution is 2.27. The highest BCUT2D eigenvalue weighted by molar-refractivity contribution is 5.85. The Morgan fingerprint density at radius 2 is 0.864 bits per heavy atom. The van der Waals surface area contributed by atoms with Crippen LogP contribution in [-0.4, -0.2) is 61.9 Å². The largest absolute Gasteiger partial charge is 0.239 e. The minimum atomic E-state index is 0. The number of hydrogen-bond donors (Lipinski definition) is 3. The van der Waals surface area contributed by atoms with E-state index in [4.69, 9.17) is 0 Å². The van der Waals surface area contributed by atoms with E-state index < -0.39 is 0 Å². The summed E-state index contributed by atoms with van der Waals surface area (Å²) < 4.78 is 0. The molecule has 13 heteroatoms. The molecule has 3 aromatic heterocycles. The zero-order valence-electron chi connectivity index (χ0n) is 10.7. The zero-order chi connectivity index (χ0) is 14.1. The number of halogens is 1. The molecule has 0 aliphatic carbocycles. The van der Waals surface area contributed by atoms with Gasteiger partial charge < -0.3 is 0 Å². The first kappa shape index (κ1) is 13.7. The third kappa shape index (κ3) is 2.37. The maximum absolute atomic E-state index is 3.89. The lowest BCUT2D eigenvalue weighted by Gasteiger charge is -2.03. The minimum absolute atomic E-state index is 0. The second-order valence-electron chi connectivity index (χ2n) is 4.05. The Morgan fingerprint density at radius 1 is 0.545 bits per heavy atom. The Morgan fingerprint density at radius 3 is 1.09 bits per heavy atom. The van der Waals surface area contributed by atoms with Gasteiger partial charge >= 0.3 is 0 Å². The lowest BCUT2D eigenvalue weighted by Crippen LogP contribution is -1.90. The molecule has 0 saturated heterocycles. The monoisotopic (exact) mass is 318 g/mol. The van der Waals surface area contributed by atoms with Crippen LogP contribution in [0, 0.1) is 0 Å². The summed E-state index contributed by atoms with van der Waals surface area (Å²) in [7, 11) is 0. The van der Waals surface area contributed by atoms with Crippen LogP contribution in [0.2, 0.25) is 0 Å². The lowest BCUT2D eigenvalue weighted by molar-refractivity contribution is 0.881. The van der Waals surface area contributed by atoms with Gasteiger partial charge in [0.1, 0.15) is 0 Å². The maximum Gasteiger partial charge on any atom is 0.179 e. The summed E-state index contributed by atoms with van der Waals surface area (Å²) in [6.45, 7) is 0. The molecule has 110 valence electrons. The van der Waals surface area contributed by atoms with E-state index in [9.17, 15) is 0 Å². The highest BCUT2D eigenvalue weighted by Gasteiger charge is 2.12. The van der Waals surface area contributed by atoms with Crippen LogP contribution in [0.3, 0.4) is 0 Å². The molecule has 4 aromatic rings. The molecule has 0 atom stereocenters. The first-order valence-electron chi connectivity index (χ1n) is 5.77. The Balaban J connectivity index is 0.00000144. The molecule has 1 aromatic carbocycles. The van der Waals surface area contributed by atoms with Crippen LogP contribution in [-0.2, 0) is 0 Å². The molecule has 0 spiro atoms. The van der Waals surface area contributed by atoms with Crippen molar-refractivity contribution in [1.29, 1.82) is 0 Å². The molecule has 0 bridgehead atoms. The van der Waals surface area contributed by atoms with Crippen molar-refractivity contribution in [3.05, 3.63) is 18.2 Å². The number of hydrogen-bond acceptors (Lipinski definition) is 9. The van der Waals surface area contributed by atoms with E-state index in [2.05, 4.69) is 61.9 Å². The van der Waals surface area contributed by atoms with Gasteiger partial charge in [0, 0.05) is 16.7 Å². The molecule has 0 aliphatic heterocycles. The van der Waals surface area contributed by atoms with Gasteiger partial charge in [-0.2, -0.15) is 0 Å². The molecule has 3 heterocycles. The van der Waals surface area contributed by atoms with Gasteiger partial charge in [-0.3, -0.25) is 0 Å². The number of benzene rings is 1. The van der Waals surface area contributed by atoms with Gasteiger partial charge in [0.2, 0.25) is 0 Å². The fourth-order valence-corrected chi connectivity index (χ4v) is 1.88. The van der Waals surface area contributed by atoms with Crippen molar-refractivity contribution in [2.75, 3.05) is 0 Å². The van der Waals surface area contributed by atoms with Gasteiger partial charge in [0.25, 0.3) is 0 Å². The Bertz CT molecular complexity index is 710. The number of tetrazole rings is 3. The number of H-pyrrole nitrogens is 3. The maximum atomic E-state index is 3.89. The average molecular weight is 319 g/mol. The molecule has 0 aliphatic rings. The smallest absolute Gasteiger partial charge is 0.179 e. The van der Waals surface area contributed by atoms with E-state index in [1.165, 1.54) is 0 Å². The second-order valence-corrected chi connectivity index (χ2v) is 4.05. The van der Waals surface area contributed by atoms with Crippen LogP contribution in [0.15, 0.2) is 18.2 Å². The number of rotatable bonds is 3. The van der Waals surface area contributed by atoms with E-state index in [0.717, 1.165) is 16.7 Å². The molecule has 0 amide bonds. The van der Waals surface area contributed by atoms with E-state index >= 15 is 0 Å². The number of aromatic amines is 3. The quantitative estimate of drug-likeness (QED) is 0.457. The molecule has 22 heavy (non-hydrogen) atoms. The van der Waals surface area contributed by atoms with Crippen LogP contribution in [0.1, 0.15) is 0 Å². The highest BCUT2D eigenvalue weighted by atomic mass is 35.5. The van der Waals surface area contributed by atoms with Crippen molar-refractivity contribution in [3.8, 4) is 34.2 Å². The summed E-state index contributed by atoms with van der Waals surface area (Å²) in [5, 5.41) is 41.2. The topological polar surface area (TPSA) is 163 Å². The first-order chi connectivity index (χ1) is 10.4. The number of nitrogens with one attached hydrogen (secondary N) is 3. The number of nitrogens with zero attached hydrogens (tertiary/aromatic N) is 9. The van der Waals surface area contributed by atoms with E-state index in [1.807, 2.05) is 18.2 Å². The van der Waals surface area contributed by atoms with Crippen LogP contribution in [0.25, 0.3) is 34.2 Å². The molecular weight excluding hydrogens is 312 g/mol. The first-order valence-corrected chi connectivity index (χ1v) is 5.77. The molecule has 4 rings (SSSR count). The van der Waals surface area contributed by atoms with Gasteiger partial charge in [-0.05, 0) is 49.5 Å². The van der Waals surface area contributed by atoms with Gasteiger partial charge in [-0.15, -0.1) is 27.7 Å². The SMILES string of the molecule is Cl.c1c(-c2nnn[nH]2)cc(-c2nnn[nH]2)cc1-c1nnn[nH]1. The van der Waals surface area contributed by atoms with Gasteiger partial charge in [-0.1, -0.05) is 0 Å². The molecular formula is C9H7ClN12. The fourth-order valence-electron chi connectivity index (χ4n) is 1.88. The molecule has 0 saturated carbocycles. The molecule has 0 radical (unpaired) electrons. The van der Waals surface area contributed by atoms with Crippen LogP contribution >= 0.6 is 12.4 Å². The summed E-state index contributed by atoms with van der Waals surface area (Å²) in [5.74, 6) is 1.54. The average Bonchev–Trinajstić information content (AvgIpc) is 3.29. The lowest BCUT2D eigenvalue weighted by atomic mass is 10.0. The van der Waals surface area contributed by atoms with Crippen LogP contribution < -0.4 is 0 Å². The normalized spacial score (nSPS) is 10.4. The van der Waals surface area contributed by atoms with Crippen LogP contribution in [0.4, 0.5) is 0 Å². The van der Waals surface area contributed by atoms with E-state index in [-0.39, 0.29) is 12.4 Å². The van der Waals surface area contributed by atoms with Gasteiger partial charge in [0.15, 0.2) is 17.5 Å². The second kappa shape index (κ2) is 5.61. The van der Waals surface area contributed by atoms with Crippen molar-refractivity contribution < 1.29 is 0 Å². The summed E-state index contributed by atoms with van der Waals surface area (Å²) >= 11 is 0. The van der Waals surface area contributed by atoms with Crippen molar-refractivity contribution in [2.24, 2.45) is 0 Å². The third-order valence-corrected chi connectivity index (χ3v) is 2.79. The third-order valence-electron chi connectivity index (χ3n) is 2.79. The Labute approximate surface area is 127 Å². The van der Waals surface area contributed by atoms with Gasteiger partial charge in [0.05, 0.1) is 0 Å². The Kier molecular flexibility index (Phi) is 3.49. The van der Waals surface area contributed by atoms with Crippen molar-refractivity contribution in [1.82, 2.24) is 61.9 Å². The zero-order valence-corrected chi connectivity index (χ0v) is 11.5. The van der Waals surface area contributed by atoms with Crippen molar-refractivity contribution >= 4 is 12.4 Å². The van der Waals surface area contributed by atoms with Crippen LogP contribution in [0.5, 0.6) is 0 Å². The fraction of sp³-hybridized carbons (Fsp3) is 0. The Hall–Kier alpha value is -3.28. The van der Waals surface area contributed by atoms with Crippen molar-refractivity contribution in [3.63, 3.8) is 0 Å². The number of aromatic nitrogens is 12. The van der Waals surface area contributed by atoms with Gasteiger partial charge in [-0.25, -0.2) is 15.3 Å². The standard InChI is InChI=1S/C9H6N12.ClH/c1-4(7-10-16-17-11-7)2-6(9-14-20-21-15-9)3-5(1)8-12-18-19-13-8;/h1-3H,(H,10,11,16,17)(H,12,13,18,19)(H,14,15,20,21);1H. The minimum Gasteiger partial charge on any atom is -0.239 e. The summed E-state index contributed by atoms with van der Waals surface area (Å²) in [5.41, 5.74) is 2.25. The van der Waals surface area contributed by atoms with E-state index in [0.29, 0.717) is 17.5 Å². The van der Waals surface area contributed by atoms with E-state index in [1.54, 1.807) is 0 Å². The molecule has 12 nitrogen and oxygen atoms in total. The molecule has 3 N–H and O–H groups in total. The summed E-state index contributed by atoms with van der Waals surface area (Å²) in [6, 6.07) is 5.53. The molecule has 0 unspecified atom stereocenters. The van der Waals surface area contributed by atoms with Crippen molar-refractivity contribution in [2.45, 2.75) is 0 Å². The summed E-state index contributed by atoms with van der Waals surface area (Å²) in [4.78, 5) is 0. The predicted octanol–water partition coefficient (Wildman–Crippen LogP) is -0.351. The summed E-state index contributed by atoms with van der Waals surface area (Å²) in [6.07, 6.45) is 0. The predicted molar refractivity (Wildman–Crippen MR) is 73.2 cm³/mol. The molecule has 0 fully saturated rings.